The molecule has 3 rings (SSSR count). The van der Waals surface area contributed by atoms with E-state index in [1.807, 2.05) is 18.2 Å². The number of benzene rings is 1. The summed E-state index contributed by atoms with van der Waals surface area (Å²) in [6.07, 6.45) is 2.83. The van der Waals surface area contributed by atoms with Crippen LogP contribution >= 0.6 is 0 Å². The average molecular weight is 303 g/mol. The van der Waals surface area contributed by atoms with Gasteiger partial charge in [0.2, 0.25) is 5.91 Å². The highest BCUT2D eigenvalue weighted by Crippen LogP contribution is 2.19. The van der Waals surface area contributed by atoms with Gasteiger partial charge in [0.05, 0.1) is 13.2 Å². The van der Waals surface area contributed by atoms with E-state index in [1.165, 1.54) is 12.0 Å². The van der Waals surface area contributed by atoms with Crippen LogP contribution in [-0.2, 0) is 16.1 Å². The minimum Gasteiger partial charge on any atom is -0.379 e. The van der Waals surface area contributed by atoms with E-state index in [1.54, 1.807) is 0 Å². The molecule has 0 aliphatic carbocycles. The van der Waals surface area contributed by atoms with Crippen molar-refractivity contribution in [3.8, 4) is 0 Å². The summed E-state index contributed by atoms with van der Waals surface area (Å²) >= 11 is 0. The number of ether oxygens (including phenoxy) is 1. The molecule has 0 spiro atoms. The predicted molar refractivity (Wildman–Crippen MR) is 86.8 cm³/mol. The highest BCUT2D eigenvalue weighted by Gasteiger charge is 2.19. The molecule has 1 aromatic carbocycles. The zero-order chi connectivity index (χ0) is 15.2. The average Bonchev–Trinajstić information content (AvgIpc) is 3.03. The first-order valence-corrected chi connectivity index (χ1v) is 8.22. The van der Waals surface area contributed by atoms with Crippen LogP contribution in [0.25, 0.3) is 0 Å². The van der Waals surface area contributed by atoms with Crippen LogP contribution in [0.5, 0.6) is 0 Å². The number of hydrogen-bond acceptors (Lipinski definition) is 4. The summed E-state index contributed by atoms with van der Waals surface area (Å²) in [5.74, 6) is 0.105. The molecule has 22 heavy (non-hydrogen) atoms. The molecule has 2 saturated heterocycles. The topological polar surface area (TPSA) is 53.6 Å². The summed E-state index contributed by atoms with van der Waals surface area (Å²) in [6.45, 7) is 5.39. The molecule has 0 bridgehead atoms. The molecule has 2 N–H and O–H groups in total. The van der Waals surface area contributed by atoms with E-state index < -0.39 is 0 Å². The van der Waals surface area contributed by atoms with Gasteiger partial charge in [0.1, 0.15) is 0 Å². The lowest BCUT2D eigenvalue weighted by Crippen LogP contribution is -2.36. The van der Waals surface area contributed by atoms with E-state index in [4.69, 9.17) is 4.74 Å². The number of carbonyl (C=O) groups excluding carboxylic acids is 1. The molecule has 5 nitrogen and oxygen atoms in total. The minimum absolute atomic E-state index is 0.105. The summed E-state index contributed by atoms with van der Waals surface area (Å²) in [5, 5.41) is 6.46. The second-order valence-corrected chi connectivity index (χ2v) is 6.09. The van der Waals surface area contributed by atoms with Crippen molar-refractivity contribution in [1.82, 2.24) is 10.2 Å². The monoisotopic (exact) mass is 303 g/mol. The van der Waals surface area contributed by atoms with Crippen molar-refractivity contribution in [2.45, 2.75) is 31.8 Å². The van der Waals surface area contributed by atoms with Crippen LogP contribution in [0, 0.1) is 0 Å². The Kier molecular flexibility index (Phi) is 5.43. The van der Waals surface area contributed by atoms with Gasteiger partial charge in [-0.15, -0.1) is 0 Å². The maximum absolute atomic E-state index is 12.2. The number of anilines is 1. The third-order valence-electron chi connectivity index (χ3n) is 4.38. The van der Waals surface area contributed by atoms with Crippen LogP contribution in [-0.4, -0.2) is 49.7 Å². The van der Waals surface area contributed by atoms with E-state index in [0.29, 0.717) is 12.5 Å². The smallest absolute Gasteiger partial charge is 0.225 e. The van der Waals surface area contributed by atoms with Crippen molar-refractivity contribution >= 4 is 11.6 Å². The molecule has 120 valence electrons. The first-order valence-electron chi connectivity index (χ1n) is 8.22. The van der Waals surface area contributed by atoms with Crippen LogP contribution in [0.1, 0.15) is 24.8 Å². The van der Waals surface area contributed by atoms with Crippen LogP contribution in [0.3, 0.4) is 0 Å². The summed E-state index contributed by atoms with van der Waals surface area (Å²) in [6, 6.07) is 8.44. The standard InChI is InChI=1S/C17H25N3O2/c21-17(12-15-5-3-7-18-15)19-16-6-2-1-4-14(16)13-20-8-10-22-11-9-20/h1-2,4,6,15,18H,3,5,7-13H2,(H,19,21). The molecule has 0 saturated carbocycles. The van der Waals surface area contributed by atoms with Gasteiger partial charge in [0.25, 0.3) is 0 Å². The third-order valence-corrected chi connectivity index (χ3v) is 4.38. The number of carbonyl (C=O) groups is 1. The summed E-state index contributed by atoms with van der Waals surface area (Å²) in [7, 11) is 0. The molecule has 1 atom stereocenters. The number of amides is 1. The van der Waals surface area contributed by atoms with E-state index >= 15 is 0 Å². The lowest BCUT2D eigenvalue weighted by Gasteiger charge is -2.27. The van der Waals surface area contributed by atoms with Gasteiger partial charge in [0.15, 0.2) is 0 Å². The van der Waals surface area contributed by atoms with Crippen molar-refractivity contribution in [1.29, 1.82) is 0 Å². The normalized spacial score (nSPS) is 22.6. The van der Waals surface area contributed by atoms with Crippen LogP contribution < -0.4 is 10.6 Å². The Morgan fingerprint density at radius 3 is 2.91 bits per heavy atom. The number of rotatable bonds is 5. The second-order valence-electron chi connectivity index (χ2n) is 6.09. The van der Waals surface area contributed by atoms with Crippen molar-refractivity contribution in [3.05, 3.63) is 29.8 Å². The Bertz CT molecular complexity index is 494. The SMILES string of the molecule is O=C(CC1CCCN1)Nc1ccccc1CN1CCOCC1. The molecule has 2 heterocycles. The highest BCUT2D eigenvalue weighted by molar-refractivity contribution is 5.91. The Hall–Kier alpha value is -1.43. The fraction of sp³-hybridized carbons (Fsp3) is 0.588. The van der Waals surface area contributed by atoms with E-state index in [-0.39, 0.29) is 5.91 Å². The highest BCUT2D eigenvalue weighted by atomic mass is 16.5. The van der Waals surface area contributed by atoms with Gasteiger partial charge < -0.3 is 15.4 Å². The zero-order valence-electron chi connectivity index (χ0n) is 13.0. The lowest BCUT2D eigenvalue weighted by molar-refractivity contribution is -0.116. The number of hydrogen-bond donors (Lipinski definition) is 2. The molecule has 1 amide bonds. The molecule has 0 aromatic heterocycles. The van der Waals surface area contributed by atoms with Gasteiger partial charge in [-0.2, -0.15) is 0 Å². The quantitative estimate of drug-likeness (QED) is 0.867. The van der Waals surface area contributed by atoms with Crippen molar-refractivity contribution in [2.75, 3.05) is 38.2 Å². The molecule has 2 fully saturated rings. The Morgan fingerprint density at radius 2 is 2.14 bits per heavy atom. The Labute approximate surface area is 132 Å². The van der Waals surface area contributed by atoms with Gasteiger partial charge >= 0.3 is 0 Å². The van der Waals surface area contributed by atoms with Crippen molar-refractivity contribution in [3.63, 3.8) is 0 Å². The van der Waals surface area contributed by atoms with Crippen LogP contribution in [0.4, 0.5) is 5.69 Å². The maximum Gasteiger partial charge on any atom is 0.225 e. The lowest BCUT2D eigenvalue weighted by atomic mass is 10.1. The molecular weight excluding hydrogens is 278 g/mol. The molecule has 0 radical (unpaired) electrons. The summed E-state index contributed by atoms with van der Waals surface area (Å²) < 4.78 is 5.39. The van der Waals surface area contributed by atoms with Gasteiger partial charge in [-0.3, -0.25) is 9.69 Å². The molecule has 2 aliphatic heterocycles. The molecule has 2 aliphatic rings. The Morgan fingerprint density at radius 1 is 1.32 bits per heavy atom. The maximum atomic E-state index is 12.2. The molecule has 1 aromatic rings. The first-order chi connectivity index (χ1) is 10.8. The largest absolute Gasteiger partial charge is 0.379 e. The van der Waals surface area contributed by atoms with Crippen molar-refractivity contribution < 1.29 is 9.53 Å². The van der Waals surface area contributed by atoms with E-state index in [0.717, 1.165) is 51.5 Å². The molecular formula is C17H25N3O2. The second kappa shape index (κ2) is 7.72. The Balaban J connectivity index is 1.58. The predicted octanol–water partition coefficient (Wildman–Crippen LogP) is 1.60. The number of nitrogens with zero attached hydrogens (tertiary/aromatic N) is 1. The minimum atomic E-state index is 0.105. The fourth-order valence-electron chi connectivity index (χ4n) is 3.14. The van der Waals surface area contributed by atoms with Gasteiger partial charge in [-0.1, -0.05) is 18.2 Å². The third kappa shape index (κ3) is 4.29. The number of nitrogens with one attached hydrogen (secondary N) is 2. The number of para-hydroxylation sites is 1. The van der Waals surface area contributed by atoms with E-state index in [2.05, 4.69) is 21.6 Å². The van der Waals surface area contributed by atoms with Crippen LogP contribution in [0.15, 0.2) is 24.3 Å². The van der Waals surface area contributed by atoms with Crippen molar-refractivity contribution in [2.24, 2.45) is 0 Å². The summed E-state index contributed by atoms with van der Waals surface area (Å²) in [4.78, 5) is 14.6. The molecule has 5 heteroatoms. The number of morpholine rings is 1. The fourth-order valence-corrected chi connectivity index (χ4v) is 3.14. The van der Waals surface area contributed by atoms with Gasteiger partial charge in [0, 0.05) is 37.8 Å². The first kappa shape index (κ1) is 15.5. The van der Waals surface area contributed by atoms with Gasteiger partial charge in [-0.05, 0) is 31.0 Å². The van der Waals surface area contributed by atoms with Crippen LogP contribution in [0.2, 0.25) is 0 Å². The van der Waals surface area contributed by atoms with Gasteiger partial charge in [-0.25, -0.2) is 0 Å². The summed E-state index contributed by atoms with van der Waals surface area (Å²) in [5.41, 5.74) is 2.12. The zero-order valence-corrected chi connectivity index (χ0v) is 13.0. The van der Waals surface area contributed by atoms with E-state index in [9.17, 15) is 4.79 Å². The molecule has 1 unspecified atom stereocenters.